The highest BCUT2D eigenvalue weighted by Crippen LogP contribution is 2.39. The van der Waals surface area contributed by atoms with E-state index >= 15 is 0 Å². The van der Waals surface area contributed by atoms with Gasteiger partial charge < -0.3 is 29.2 Å². The summed E-state index contributed by atoms with van der Waals surface area (Å²) in [4.78, 5) is 0. The number of aliphatic hydroxyl groups is 2. The quantitative estimate of drug-likeness (QED) is 0.813. The first-order valence-corrected chi connectivity index (χ1v) is 9.62. The number of halogens is 1. The molecule has 2 aliphatic heterocycles. The zero-order valence-corrected chi connectivity index (χ0v) is 16.2. The van der Waals surface area contributed by atoms with Crippen LogP contribution in [0.5, 0.6) is 0 Å². The number of rotatable bonds is 4. The molecule has 2 N–H and O–H groups in total. The fourth-order valence-corrected chi connectivity index (χ4v) is 3.58. The topological polar surface area (TPSA) is 77.4 Å². The predicted molar refractivity (Wildman–Crippen MR) is 102 cm³/mol. The van der Waals surface area contributed by atoms with Crippen molar-refractivity contribution in [1.29, 1.82) is 0 Å². The van der Waals surface area contributed by atoms with Crippen molar-refractivity contribution in [2.24, 2.45) is 0 Å². The van der Waals surface area contributed by atoms with Gasteiger partial charge in [0, 0.05) is 16.1 Å². The molecule has 0 radical (unpaired) electrons. The van der Waals surface area contributed by atoms with E-state index in [2.05, 4.69) is 0 Å². The van der Waals surface area contributed by atoms with Crippen molar-refractivity contribution in [1.82, 2.24) is 0 Å². The van der Waals surface area contributed by atoms with Crippen molar-refractivity contribution in [2.75, 3.05) is 13.2 Å². The summed E-state index contributed by atoms with van der Waals surface area (Å²) in [5.41, 5.74) is 2.76. The first-order valence-electron chi connectivity index (χ1n) is 9.24. The second kappa shape index (κ2) is 8.47. The minimum absolute atomic E-state index is 0.276. The van der Waals surface area contributed by atoms with Crippen LogP contribution in [0, 0.1) is 6.92 Å². The molecule has 2 aromatic carbocycles. The predicted octanol–water partition coefficient (Wildman–Crippen LogP) is 2.90. The van der Waals surface area contributed by atoms with Gasteiger partial charge in [0.2, 0.25) is 0 Å². The van der Waals surface area contributed by atoms with E-state index in [1.807, 2.05) is 43.3 Å². The molecule has 6 nitrogen and oxygen atoms in total. The standard InChI is InChI=1S/C21H23ClO6/c1-12-2-4-14(5-3-12)21-26-17-11-25-20(13-6-8-15(22)9-7-13)28-19(17)18(27-21)16(24)10-23/h2-9,16-21,23-24H,10-11H2,1H3. The highest BCUT2D eigenvalue weighted by atomic mass is 35.5. The van der Waals surface area contributed by atoms with Crippen molar-refractivity contribution in [3.63, 3.8) is 0 Å². The minimum Gasteiger partial charge on any atom is -0.394 e. The SMILES string of the molecule is Cc1ccc(C2OC3COC(c4ccc(Cl)cc4)OC3C(C(O)CO)O2)cc1. The Balaban J connectivity index is 1.55. The van der Waals surface area contributed by atoms with Gasteiger partial charge in [0.25, 0.3) is 0 Å². The lowest BCUT2D eigenvalue weighted by Crippen LogP contribution is -2.58. The second-order valence-corrected chi connectivity index (χ2v) is 7.52. The highest BCUT2D eigenvalue weighted by Gasteiger charge is 2.48. The Bertz CT molecular complexity index is 778. The van der Waals surface area contributed by atoms with Crippen molar-refractivity contribution < 1.29 is 29.2 Å². The molecule has 2 saturated heterocycles. The Labute approximate surface area is 168 Å². The number of benzene rings is 2. The molecule has 0 aromatic heterocycles. The monoisotopic (exact) mass is 406 g/mol. The molecular formula is C21H23ClO6. The van der Waals surface area contributed by atoms with Crippen LogP contribution in [0.3, 0.4) is 0 Å². The van der Waals surface area contributed by atoms with Crippen molar-refractivity contribution >= 4 is 11.6 Å². The molecule has 6 unspecified atom stereocenters. The fourth-order valence-electron chi connectivity index (χ4n) is 3.45. The van der Waals surface area contributed by atoms with Gasteiger partial charge in [-0.25, -0.2) is 0 Å². The Morgan fingerprint density at radius 2 is 1.61 bits per heavy atom. The van der Waals surface area contributed by atoms with Crippen LogP contribution in [0.2, 0.25) is 5.02 Å². The maximum atomic E-state index is 10.4. The van der Waals surface area contributed by atoms with Crippen LogP contribution < -0.4 is 0 Å². The highest BCUT2D eigenvalue weighted by molar-refractivity contribution is 6.30. The lowest BCUT2D eigenvalue weighted by atomic mass is 9.99. The van der Waals surface area contributed by atoms with Gasteiger partial charge in [-0.3, -0.25) is 0 Å². The second-order valence-electron chi connectivity index (χ2n) is 7.09. The number of hydrogen-bond acceptors (Lipinski definition) is 6. The smallest absolute Gasteiger partial charge is 0.184 e. The molecule has 2 aliphatic rings. The van der Waals surface area contributed by atoms with Gasteiger partial charge in [-0.05, 0) is 19.1 Å². The molecule has 0 spiro atoms. The summed E-state index contributed by atoms with van der Waals surface area (Å²) in [6.45, 7) is 1.84. The number of ether oxygens (including phenoxy) is 4. The largest absolute Gasteiger partial charge is 0.394 e. The average molecular weight is 407 g/mol. The Morgan fingerprint density at radius 3 is 2.29 bits per heavy atom. The first-order chi connectivity index (χ1) is 13.5. The summed E-state index contributed by atoms with van der Waals surface area (Å²) in [5, 5.41) is 20.5. The number of fused-ring (bicyclic) bond motifs is 1. The van der Waals surface area contributed by atoms with Gasteiger partial charge in [0.15, 0.2) is 12.6 Å². The van der Waals surface area contributed by atoms with Crippen molar-refractivity contribution in [3.8, 4) is 0 Å². The summed E-state index contributed by atoms with van der Waals surface area (Å²) in [6.07, 6.45) is -4.18. The Kier molecular flexibility index (Phi) is 5.99. The molecule has 7 heteroatoms. The summed E-state index contributed by atoms with van der Waals surface area (Å²) in [7, 11) is 0. The molecule has 2 fully saturated rings. The molecule has 2 heterocycles. The zero-order chi connectivity index (χ0) is 19.7. The van der Waals surface area contributed by atoms with Gasteiger partial charge in [0.1, 0.15) is 24.4 Å². The number of aryl methyl sites for hydroxylation is 1. The van der Waals surface area contributed by atoms with Crippen LogP contribution in [0.4, 0.5) is 0 Å². The third-order valence-electron chi connectivity index (χ3n) is 5.02. The molecule has 4 rings (SSSR count). The molecule has 0 saturated carbocycles. The van der Waals surface area contributed by atoms with Crippen LogP contribution >= 0.6 is 11.6 Å². The van der Waals surface area contributed by atoms with E-state index in [9.17, 15) is 10.2 Å². The lowest BCUT2D eigenvalue weighted by Gasteiger charge is -2.47. The molecule has 0 amide bonds. The molecule has 6 atom stereocenters. The van der Waals surface area contributed by atoms with Crippen molar-refractivity contribution in [3.05, 3.63) is 70.2 Å². The van der Waals surface area contributed by atoms with Crippen LogP contribution in [0.15, 0.2) is 48.5 Å². The Morgan fingerprint density at radius 1 is 0.964 bits per heavy atom. The summed E-state index contributed by atoms with van der Waals surface area (Å²) in [6, 6.07) is 14.9. The molecule has 2 aromatic rings. The van der Waals surface area contributed by atoms with Crippen LogP contribution in [0.1, 0.15) is 29.3 Å². The van der Waals surface area contributed by atoms with E-state index < -0.39 is 43.6 Å². The third kappa shape index (κ3) is 4.09. The lowest BCUT2D eigenvalue weighted by molar-refractivity contribution is -0.373. The van der Waals surface area contributed by atoms with E-state index in [0.717, 1.165) is 16.7 Å². The van der Waals surface area contributed by atoms with Gasteiger partial charge in [-0.2, -0.15) is 0 Å². The molecule has 0 aliphatic carbocycles. The molecule has 0 bridgehead atoms. The fraction of sp³-hybridized carbons (Fsp3) is 0.429. The van der Waals surface area contributed by atoms with E-state index in [0.29, 0.717) is 5.02 Å². The summed E-state index contributed by atoms with van der Waals surface area (Å²) < 4.78 is 24.0. The maximum Gasteiger partial charge on any atom is 0.184 e. The van der Waals surface area contributed by atoms with E-state index in [1.165, 1.54) is 0 Å². The van der Waals surface area contributed by atoms with E-state index in [-0.39, 0.29) is 6.61 Å². The van der Waals surface area contributed by atoms with Crippen LogP contribution in [0.25, 0.3) is 0 Å². The van der Waals surface area contributed by atoms with Crippen LogP contribution in [-0.4, -0.2) is 47.8 Å². The zero-order valence-electron chi connectivity index (χ0n) is 15.4. The van der Waals surface area contributed by atoms with Crippen LogP contribution in [-0.2, 0) is 18.9 Å². The average Bonchev–Trinajstić information content (AvgIpc) is 2.73. The van der Waals surface area contributed by atoms with E-state index in [4.69, 9.17) is 30.5 Å². The Hall–Kier alpha value is -1.51. The summed E-state index contributed by atoms with van der Waals surface area (Å²) in [5.74, 6) is 0. The minimum atomic E-state index is -1.10. The summed E-state index contributed by atoms with van der Waals surface area (Å²) >= 11 is 5.95. The number of aliphatic hydroxyl groups excluding tert-OH is 2. The molecule has 150 valence electrons. The molecular weight excluding hydrogens is 384 g/mol. The maximum absolute atomic E-state index is 10.4. The third-order valence-corrected chi connectivity index (χ3v) is 5.27. The van der Waals surface area contributed by atoms with Gasteiger partial charge in [0.05, 0.1) is 13.2 Å². The van der Waals surface area contributed by atoms with Crippen molar-refractivity contribution in [2.45, 2.75) is 43.9 Å². The normalized spacial score (nSPS) is 31.2. The van der Waals surface area contributed by atoms with Gasteiger partial charge >= 0.3 is 0 Å². The first kappa shape index (κ1) is 19.8. The van der Waals surface area contributed by atoms with E-state index in [1.54, 1.807) is 12.1 Å². The molecule has 28 heavy (non-hydrogen) atoms. The van der Waals surface area contributed by atoms with Gasteiger partial charge in [-0.1, -0.05) is 53.6 Å². The van der Waals surface area contributed by atoms with Gasteiger partial charge in [-0.15, -0.1) is 0 Å². The number of hydrogen-bond donors (Lipinski definition) is 2.